The SMILES string of the molecule is Ic1ccsc1-c1nncn1C1CC1. The van der Waals surface area contributed by atoms with Crippen LogP contribution in [0.25, 0.3) is 10.7 Å². The van der Waals surface area contributed by atoms with E-state index >= 15 is 0 Å². The fraction of sp³-hybridized carbons (Fsp3) is 0.333. The van der Waals surface area contributed by atoms with Gasteiger partial charge >= 0.3 is 0 Å². The zero-order valence-electron chi connectivity index (χ0n) is 7.35. The van der Waals surface area contributed by atoms with Gasteiger partial charge in [-0.05, 0) is 46.9 Å². The first-order chi connectivity index (χ1) is 6.86. The van der Waals surface area contributed by atoms with Crippen LogP contribution in [0.4, 0.5) is 0 Å². The highest BCUT2D eigenvalue weighted by molar-refractivity contribution is 14.1. The number of thiophene rings is 1. The molecule has 0 radical (unpaired) electrons. The molecule has 0 saturated heterocycles. The van der Waals surface area contributed by atoms with E-state index in [1.54, 1.807) is 11.3 Å². The van der Waals surface area contributed by atoms with Crippen LogP contribution in [0.2, 0.25) is 0 Å². The summed E-state index contributed by atoms with van der Waals surface area (Å²) >= 11 is 4.08. The number of hydrogen-bond acceptors (Lipinski definition) is 3. The molecule has 0 bridgehead atoms. The van der Waals surface area contributed by atoms with Crippen molar-refractivity contribution in [3.05, 3.63) is 21.3 Å². The van der Waals surface area contributed by atoms with E-state index in [1.807, 2.05) is 6.33 Å². The van der Waals surface area contributed by atoms with Crippen molar-refractivity contribution in [2.75, 3.05) is 0 Å². The summed E-state index contributed by atoms with van der Waals surface area (Å²) in [6, 6.07) is 2.77. The number of aromatic nitrogens is 3. The molecule has 3 nitrogen and oxygen atoms in total. The average Bonchev–Trinajstić information content (AvgIpc) is 2.75. The van der Waals surface area contributed by atoms with Crippen molar-refractivity contribution >= 4 is 33.9 Å². The maximum Gasteiger partial charge on any atom is 0.175 e. The minimum Gasteiger partial charge on any atom is -0.310 e. The maximum absolute atomic E-state index is 4.20. The van der Waals surface area contributed by atoms with Gasteiger partial charge in [-0.25, -0.2) is 0 Å². The topological polar surface area (TPSA) is 30.7 Å². The van der Waals surface area contributed by atoms with Gasteiger partial charge in [0.15, 0.2) is 5.82 Å². The second kappa shape index (κ2) is 3.30. The van der Waals surface area contributed by atoms with Gasteiger partial charge in [-0.2, -0.15) is 0 Å². The van der Waals surface area contributed by atoms with E-state index in [0.717, 1.165) is 5.82 Å². The lowest BCUT2D eigenvalue weighted by Crippen LogP contribution is -1.95. The second-order valence-electron chi connectivity index (χ2n) is 3.39. The van der Waals surface area contributed by atoms with Crippen LogP contribution in [0.15, 0.2) is 17.8 Å². The largest absolute Gasteiger partial charge is 0.310 e. The summed E-state index contributed by atoms with van der Waals surface area (Å²) in [6.07, 6.45) is 4.39. The Morgan fingerprint density at radius 2 is 2.36 bits per heavy atom. The lowest BCUT2D eigenvalue weighted by atomic mass is 10.4. The van der Waals surface area contributed by atoms with Crippen LogP contribution >= 0.6 is 33.9 Å². The molecule has 14 heavy (non-hydrogen) atoms. The van der Waals surface area contributed by atoms with Gasteiger partial charge in [-0.3, -0.25) is 0 Å². The van der Waals surface area contributed by atoms with E-state index in [4.69, 9.17) is 0 Å². The van der Waals surface area contributed by atoms with E-state index in [-0.39, 0.29) is 0 Å². The van der Waals surface area contributed by atoms with Crippen molar-refractivity contribution in [1.82, 2.24) is 14.8 Å². The Morgan fingerprint density at radius 3 is 3.00 bits per heavy atom. The third kappa shape index (κ3) is 1.38. The summed E-state index contributed by atoms with van der Waals surface area (Å²) in [5, 5.41) is 10.3. The predicted molar refractivity (Wildman–Crippen MR) is 64.3 cm³/mol. The summed E-state index contributed by atoms with van der Waals surface area (Å²) < 4.78 is 3.47. The molecule has 1 saturated carbocycles. The average molecular weight is 317 g/mol. The third-order valence-electron chi connectivity index (χ3n) is 2.33. The normalized spacial score (nSPS) is 16.1. The zero-order valence-corrected chi connectivity index (χ0v) is 10.3. The van der Waals surface area contributed by atoms with Crippen LogP contribution in [0.3, 0.4) is 0 Å². The van der Waals surface area contributed by atoms with Gasteiger partial charge in [0.2, 0.25) is 0 Å². The number of rotatable bonds is 2. The molecule has 3 rings (SSSR count). The zero-order chi connectivity index (χ0) is 9.54. The van der Waals surface area contributed by atoms with Crippen LogP contribution in [0.5, 0.6) is 0 Å². The highest BCUT2D eigenvalue weighted by Crippen LogP contribution is 2.39. The molecule has 2 aromatic rings. The Morgan fingerprint density at radius 1 is 1.50 bits per heavy atom. The van der Waals surface area contributed by atoms with Crippen molar-refractivity contribution in [1.29, 1.82) is 0 Å². The van der Waals surface area contributed by atoms with Crippen molar-refractivity contribution < 1.29 is 0 Å². The molecule has 0 aromatic carbocycles. The number of hydrogen-bond donors (Lipinski definition) is 0. The van der Waals surface area contributed by atoms with Gasteiger partial charge in [-0.1, -0.05) is 0 Å². The fourth-order valence-corrected chi connectivity index (χ4v) is 3.30. The lowest BCUT2D eigenvalue weighted by Gasteiger charge is -2.02. The van der Waals surface area contributed by atoms with Gasteiger partial charge in [0.1, 0.15) is 6.33 Å². The fourth-order valence-electron chi connectivity index (χ4n) is 1.48. The first-order valence-corrected chi connectivity index (χ1v) is 6.45. The minimum atomic E-state index is 0.651. The quantitative estimate of drug-likeness (QED) is 0.798. The molecule has 0 aliphatic heterocycles. The van der Waals surface area contributed by atoms with Crippen LogP contribution in [0.1, 0.15) is 18.9 Å². The molecule has 72 valence electrons. The molecular weight excluding hydrogens is 309 g/mol. The Balaban J connectivity index is 2.11. The second-order valence-corrected chi connectivity index (χ2v) is 5.47. The highest BCUT2D eigenvalue weighted by Gasteiger charge is 2.27. The van der Waals surface area contributed by atoms with Gasteiger partial charge < -0.3 is 4.57 Å². The summed E-state index contributed by atoms with van der Waals surface area (Å²) in [6.45, 7) is 0. The summed E-state index contributed by atoms with van der Waals surface area (Å²) in [4.78, 5) is 1.25. The minimum absolute atomic E-state index is 0.651. The molecule has 2 heterocycles. The standard InChI is InChI=1S/C9H8IN3S/c10-7-3-4-14-8(7)9-12-11-5-13(9)6-1-2-6/h3-6H,1-2H2. The van der Waals surface area contributed by atoms with Crippen LogP contribution in [0, 0.1) is 3.57 Å². The van der Waals surface area contributed by atoms with Gasteiger partial charge in [0, 0.05) is 9.61 Å². The van der Waals surface area contributed by atoms with Crippen LogP contribution in [-0.2, 0) is 0 Å². The molecule has 0 amide bonds. The Hall–Kier alpha value is -0.430. The molecule has 1 aliphatic carbocycles. The van der Waals surface area contributed by atoms with Crippen molar-refractivity contribution in [3.8, 4) is 10.7 Å². The van der Waals surface area contributed by atoms with Crippen LogP contribution < -0.4 is 0 Å². The molecule has 5 heteroatoms. The first kappa shape index (κ1) is 8.84. The third-order valence-corrected chi connectivity index (χ3v) is 4.51. The number of halogens is 1. The Kier molecular flexibility index (Phi) is 2.09. The molecule has 0 unspecified atom stereocenters. The van der Waals surface area contributed by atoms with E-state index in [2.05, 4.69) is 48.8 Å². The molecular formula is C9H8IN3S. The predicted octanol–water partition coefficient (Wildman–Crippen LogP) is 2.95. The van der Waals surface area contributed by atoms with Gasteiger partial charge in [-0.15, -0.1) is 21.5 Å². The Labute approximate surface area is 99.3 Å². The van der Waals surface area contributed by atoms with Crippen molar-refractivity contribution in [2.45, 2.75) is 18.9 Å². The lowest BCUT2D eigenvalue weighted by molar-refractivity contribution is 0.747. The van der Waals surface area contributed by atoms with Gasteiger partial charge in [0.05, 0.1) is 4.88 Å². The van der Waals surface area contributed by atoms with E-state index in [0.29, 0.717) is 6.04 Å². The molecule has 2 aromatic heterocycles. The number of nitrogens with zero attached hydrogens (tertiary/aromatic N) is 3. The molecule has 0 N–H and O–H groups in total. The highest BCUT2D eigenvalue weighted by atomic mass is 127. The summed E-state index contributed by atoms with van der Waals surface area (Å²) in [5.41, 5.74) is 0. The summed E-state index contributed by atoms with van der Waals surface area (Å²) in [7, 11) is 0. The first-order valence-electron chi connectivity index (χ1n) is 4.49. The molecule has 1 aliphatic rings. The van der Waals surface area contributed by atoms with E-state index < -0.39 is 0 Å². The monoisotopic (exact) mass is 317 g/mol. The molecule has 1 fully saturated rings. The van der Waals surface area contributed by atoms with Crippen molar-refractivity contribution in [2.24, 2.45) is 0 Å². The van der Waals surface area contributed by atoms with Gasteiger partial charge in [0.25, 0.3) is 0 Å². The molecule has 0 spiro atoms. The van der Waals surface area contributed by atoms with Crippen LogP contribution in [-0.4, -0.2) is 14.8 Å². The van der Waals surface area contributed by atoms with E-state index in [1.165, 1.54) is 21.3 Å². The smallest absolute Gasteiger partial charge is 0.175 e. The maximum atomic E-state index is 4.20. The van der Waals surface area contributed by atoms with Crippen molar-refractivity contribution in [3.63, 3.8) is 0 Å². The summed E-state index contributed by atoms with van der Waals surface area (Å²) in [5.74, 6) is 1.03. The molecule has 0 atom stereocenters. The van der Waals surface area contributed by atoms with E-state index in [9.17, 15) is 0 Å². The Bertz CT molecular complexity index is 458.